The highest BCUT2D eigenvalue weighted by Gasteiger charge is 2.41. The summed E-state index contributed by atoms with van der Waals surface area (Å²) in [5.74, 6) is 0.187. The highest BCUT2D eigenvalue weighted by molar-refractivity contribution is 7.17. The van der Waals surface area contributed by atoms with Crippen molar-refractivity contribution in [2.45, 2.75) is 25.3 Å². The third-order valence-electron chi connectivity index (χ3n) is 4.35. The van der Waals surface area contributed by atoms with Crippen molar-refractivity contribution in [1.29, 1.82) is 0 Å². The molecular formula is C17H15ClN2OS. The van der Waals surface area contributed by atoms with Gasteiger partial charge in [0.2, 0.25) is 0 Å². The van der Waals surface area contributed by atoms with Crippen molar-refractivity contribution in [2.24, 2.45) is 5.73 Å². The highest BCUT2D eigenvalue weighted by atomic mass is 35.5. The number of thiophene rings is 1. The largest absolute Gasteiger partial charge is 0.372 e. The number of primary amides is 1. The second-order valence-electron chi connectivity index (χ2n) is 5.68. The maximum absolute atomic E-state index is 11.9. The molecule has 1 heterocycles. The molecule has 3 nitrogen and oxygen atoms in total. The first-order chi connectivity index (χ1) is 10.6. The summed E-state index contributed by atoms with van der Waals surface area (Å²) >= 11 is 7.57. The number of anilines is 1. The van der Waals surface area contributed by atoms with Crippen molar-refractivity contribution in [2.75, 3.05) is 5.32 Å². The minimum Gasteiger partial charge on any atom is -0.372 e. The second kappa shape index (κ2) is 5.14. The number of halogens is 1. The van der Waals surface area contributed by atoms with E-state index in [9.17, 15) is 4.79 Å². The van der Waals surface area contributed by atoms with Crippen molar-refractivity contribution >= 4 is 39.4 Å². The molecule has 0 bridgehead atoms. The van der Waals surface area contributed by atoms with Gasteiger partial charge in [0.15, 0.2) is 0 Å². The van der Waals surface area contributed by atoms with Gasteiger partial charge in [0.05, 0.1) is 5.56 Å². The number of fused-ring (bicyclic) bond motifs is 4. The number of carbonyl (C=O) groups is 1. The van der Waals surface area contributed by atoms with E-state index in [4.69, 9.17) is 17.3 Å². The Morgan fingerprint density at radius 2 is 2.14 bits per heavy atom. The molecule has 22 heavy (non-hydrogen) atoms. The first-order valence-corrected chi connectivity index (χ1v) is 8.50. The molecule has 3 N–H and O–H groups in total. The normalized spacial score (nSPS) is 18.2. The van der Waals surface area contributed by atoms with E-state index in [1.165, 1.54) is 10.5 Å². The molecule has 2 aliphatic rings. The third kappa shape index (κ3) is 2.06. The molecule has 1 unspecified atom stereocenters. The summed E-state index contributed by atoms with van der Waals surface area (Å²) < 4.78 is 0. The van der Waals surface area contributed by atoms with E-state index in [-0.39, 0.29) is 5.91 Å². The monoisotopic (exact) mass is 330 g/mol. The Balaban J connectivity index is 1.62. The van der Waals surface area contributed by atoms with Gasteiger partial charge >= 0.3 is 0 Å². The van der Waals surface area contributed by atoms with Crippen LogP contribution in [-0.4, -0.2) is 5.91 Å². The Bertz CT molecular complexity index is 792. The fourth-order valence-corrected chi connectivity index (χ4v) is 4.80. The molecule has 0 spiro atoms. The molecule has 1 amide bonds. The molecule has 0 aliphatic heterocycles. The highest BCUT2D eigenvalue weighted by Crippen LogP contribution is 2.59. The quantitative estimate of drug-likeness (QED) is 0.873. The number of amides is 1. The lowest BCUT2D eigenvalue weighted by atomic mass is 9.79. The minimum atomic E-state index is -0.345. The Morgan fingerprint density at radius 1 is 1.36 bits per heavy atom. The van der Waals surface area contributed by atoms with Crippen LogP contribution in [0.3, 0.4) is 0 Å². The molecule has 0 fully saturated rings. The third-order valence-corrected chi connectivity index (χ3v) is 5.86. The van der Waals surface area contributed by atoms with Gasteiger partial charge in [-0.1, -0.05) is 29.8 Å². The summed E-state index contributed by atoms with van der Waals surface area (Å²) in [5.41, 5.74) is 9.82. The summed E-state index contributed by atoms with van der Waals surface area (Å²) in [5, 5.41) is 4.98. The van der Waals surface area contributed by atoms with E-state index < -0.39 is 0 Å². The fraction of sp³-hybridized carbons (Fsp3) is 0.235. The molecule has 5 heteroatoms. The molecule has 1 aromatic heterocycles. The number of nitrogens with one attached hydrogen (secondary N) is 1. The lowest BCUT2D eigenvalue weighted by molar-refractivity contribution is 0.100. The summed E-state index contributed by atoms with van der Waals surface area (Å²) in [6.07, 6.45) is 4.51. The Kier molecular flexibility index (Phi) is 3.24. The number of hydrogen-bond donors (Lipinski definition) is 2. The number of nitrogens with two attached hydrogens (primary N) is 1. The molecule has 2 aliphatic carbocycles. The van der Waals surface area contributed by atoms with E-state index in [1.807, 2.05) is 24.3 Å². The van der Waals surface area contributed by atoms with Crippen LogP contribution < -0.4 is 11.1 Å². The summed E-state index contributed by atoms with van der Waals surface area (Å²) in [7, 11) is 0. The molecule has 2 aromatic rings. The smallest absolute Gasteiger partial charge is 0.252 e. The zero-order valence-corrected chi connectivity index (χ0v) is 13.4. The molecule has 4 rings (SSSR count). The van der Waals surface area contributed by atoms with Crippen LogP contribution in [0.15, 0.2) is 30.3 Å². The zero-order chi connectivity index (χ0) is 15.3. The van der Waals surface area contributed by atoms with Gasteiger partial charge in [-0.3, -0.25) is 4.79 Å². The van der Waals surface area contributed by atoms with Crippen LogP contribution in [0.2, 0.25) is 5.02 Å². The molecule has 112 valence electrons. The van der Waals surface area contributed by atoms with Crippen molar-refractivity contribution in [3.63, 3.8) is 0 Å². The standard InChI is InChI=1S/C17H15ClN2OS/c18-10-6-4-9(5-7-10)8-20-17-14(16(19)21)13-11-2-1-3-12(11)15(13)22-17/h2,4-7,12,20H,1,3,8H2,(H2,19,21). The second-order valence-corrected chi connectivity index (χ2v) is 7.17. The lowest BCUT2D eigenvalue weighted by Crippen LogP contribution is -2.18. The van der Waals surface area contributed by atoms with E-state index in [1.54, 1.807) is 11.3 Å². The zero-order valence-electron chi connectivity index (χ0n) is 11.9. The van der Waals surface area contributed by atoms with Gasteiger partial charge in [0, 0.05) is 27.9 Å². The van der Waals surface area contributed by atoms with Crippen LogP contribution in [0.1, 0.15) is 45.1 Å². The first-order valence-electron chi connectivity index (χ1n) is 7.30. The summed E-state index contributed by atoms with van der Waals surface area (Å²) in [4.78, 5) is 13.2. The first kappa shape index (κ1) is 13.9. The van der Waals surface area contributed by atoms with Crippen LogP contribution in [0.25, 0.3) is 5.57 Å². The SMILES string of the molecule is NC(=O)c1c(NCc2ccc(Cl)cc2)sc2c1C1=CCCC12. The Morgan fingerprint density at radius 3 is 2.86 bits per heavy atom. The molecule has 0 radical (unpaired) electrons. The molecule has 0 saturated carbocycles. The van der Waals surface area contributed by atoms with Crippen molar-refractivity contribution < 1.29 is 4.79 Å². The van der Waals surface area contributed by atoms with E-state index in [2.05, 4.69) is 11.4 Å². The predicted octanol–water partition coefficient (Wildman–Crippen LogP) is 4.39. The fourth-order valence-electron chi connectivity index (χ4n) is 3.30. The predicted molar refractivity (Wildman–Crippen MR) is 91.6 cm³/mol. The van der Waals surface area contributed by atoms with Crippen molar-refractivity contribution in [1.82, 2.24) is 0 Å². The summed E-state index contributed by atoms with van der Waals surface area (Å²) in [6.45, 7) is 0.653. The van der Waals surface area contributed by atoms with Crippen LogP contribution in [0, 0.1) is 0 Å². The van der Waals surface area contributed by atoms with Crippen molar-refractivity contribution in [3.8, 4) is 0 Å². The molecular weight excluding hydrogens is 316 g/mol. The molecule has 0 saturated heterocycles. The average molecular weight is 331 g/mol. The number of rotatable bonds is 4. The van der Waals surface area contributed by atoms with Gasteiger partial charge in [-0.05, 0) is 36.1 Å². The molecule has 1 aromatic carbocycles. The Hall–Kier alpha value is -1.78. The van der Waals surface area contributed by atoms with Gasteiger partial charge in [-0.15, -0.1) is 11.3 Å². The Labute approximate surface area is 137 Å². The number of hydrogen-bond acceptors (Lipinski definition) is 3. The van der Waals surface area contributed by atoms with Gasteiger partial charge < -0.3 is 11.1 Å². The van der Waals surface area contributed by atoms with Gasteiger partial charge in [-0.2, -0.15) is 0 Å². The van der Waals surface area contributed by atoms with E-state index in [0.29, 0.717) is 18.0 Å². The van der Waals surface area contributed by atoms with Crippen LogP contribution >= 0.6 is 22.9 Å². The minimum absolute atomic E-state index is 0.345. The topological polar surface area (TPSA) is 55.1 Å². The average Bonchev–Trinajstić information content (AvgIpc) is 3.03. The van der Waals surface area contributed by atoms with Gasteiger partial charge in [0.25, 0.3) is 5.91 Å². The maximum Gasteiger partial charge on any atom is 0.252 e. The number of carbonyl (C=O) groups excluding carboxylic acids is 1. The van der Waals surface area contributed by atoms with Crippen LogP contribution in [0.4, 0.5) is 5.00 Å². The number of allylic oxidation sites excluding steroid dienone is 2. The van der Waals surface area contributed by atoms with E-state index in [0.717, 1.165) is 34.0 Å². The van der Waals surface area contributed by atoms with Crippen molar-refractivity contribution in [3.05, 3.63) is 56.9 Å². The van der Waals surface area contributed by atoms with Crippen LogP contribution in [0.5, 0.6) is 0 Å². The van der Waals surface area contributed by atoms with Gasteiger partial charge in [0.1, 0.15) is 5.00 Å². The van der Waals surface area contributed by atoms with E-state index >= 15 is 0 Å². The maximum atomic E-state index is 11.9. The summed E-state index contributed by atoms with van der Waals surface area (Å²) in [6, 6.07) is 7.69. The molecule has 1 atom stereocenters. The lowest BCUT2D eigenvalue weighted by Gasteiger charge is -2.26. The van der Waals surface area contributed by atoms with Gasteiger partial charge in [-0.25, -0.2) is 0 Å². The van der Waals surface area contributed by atoms with Crippen LogP contribution in [-0.2, 0) is 6.54 Å². The number of benzene rings is 1.